The zero-order valence-electron chi connectivity index (χ0n) is 15.4. The monoisotopic (exact) mass is 509 g/mol. The van der Waals surface area contributed by atoms with Gasteiger partial charge in [-0.3, -0.25) is 15.6 Å². The second-order valence-corrected chi connectivity index (χ2v) is 9.79. The van der Waals surface area contributed by atoms with Crippen LogP contribution in [-0.2, 0) is 11.8 Å². The number of hydrazine groups is 1. The van der Waals surface area contributed by atoms with E-state index in [0.29, 0.717) is 38.9 Å². The number of nitrogens with zero attached hydrogens (tertiary/aromatic N) is 1. The molecule has 4 bridgehead atoms. The Morgan fingerprint density at radius 2 is 1.88 bits per heavy atom. The number of anilines is 1. The summed E-state index contributed by atoms with van der Waals surface area (Å²) in [5.41, 5.74) is 6.55. The number of halogens is 3. The third-order valence-corrected chi connectivity index (χ3v) is 7.58. The van der Waals surface area contributed by atoms with Gasteiger partial charge in [-0.1, -0.05) is 37.0 Å². The lowest BCUT2D eigenvalue weighted by Crippen LogP contribution is -3.00. The summed E-state index contributed by atoms with van der Waals surface area (Å²) in [6.07, 6.45) is 9.38. The van der Waals surface area contributed by atoms with Gasteiger partial charge >= 0.3 is 0 Å². The van der Waals surface area contributed by atoms with Crippen molar-refractivity contribution in [3.63, 3.8) is 0 Å². The second kappa shape index (κ2) is 6.96. The summed E-state index contributed by atoms with van der Waals surface area (Å²) < 4.78 is 1.79. The van der Waals surface area contributed by atoms with Crippen molar-refractivity contribution in [2.24, 2.45) is 35.6 Å². The molecule has 4 aliphatic carbocycles. The van der Waals surface area contributed by atoms with E-state index in [9.17, 15) is 4.79 Å². The van der Waals surface area contributed by atoms with Gasteiger partial charge in [0.1, 0.15) is 22.8 Å². The molecule has 1 aromatic rings. The molecule has 0 spiro atoms. The number of carbonyl (C=O) groups excluding carboxylic acids is 1. The number of carbonyl (C=O) groups is 1. The molecule has 2 N–H and O–H groups in total. The topological polar surface area (TPSA) is 45.0 Å². The highest BCUT2D eigenvalue weighted by Gasteiger charge is 2.62. The van der Waals surface area contributed by atoms with Gasteiger partial charge in [-0.25, -0.2) is 4.57 Å². The summed E-state index contributed by atoms with van der Waals surface area (Å²) in [7, 11) is 1.86. The van der Waals surface area contributed by atoms with Gasteiger partial charge in [0.2, 0.25) is 5.91 Å². The molecule has 5 atom stereocenters. The molecule has 4 aliphatic rings. The quantitative estimate of drug-likeness (QED) is 0.364. The van der Waals surface area contributed by atoms with Gasteiger partial charge in [0, 0.05) is 0 Å². The van der Waals surface area contributed by atoms with Gasteiger partial charge in [0.15, 0.2) is 12.4 Å². The van der Waals surface area contributed by atoms with E-state index in [1.807, 2.05) is 7.05 Å². The van der Waals surface area contributed by atoms with Crippen LogP contribution in [0.5, 0.6) is 0 Å². The van der Waals surface area contributed by atoms with E-state index in [2.05, 4.69) is 24.7 Å². The Morgan fingerprint density at radius 1 is 1.23 bits per heavy atom. The molecule has 4 nitrogen and oxygen atoms in total. The molecule has 7 heteroatoms. The molecule has 1 heterocycles. The van der Waals surface area contributed by atoms with Gasteiger partial charge in [0.25, 0.3) is 0 Å². The first-order valence-corrected chi connectivity index (χ1v) is 9.89. The lowest BCUT2D eigenvalue weighted by atomic mass is 9.41. The summed E-state index contributed by atoms with van der Waals surface area (Å²) in [5.74, 6) is 1.90. The zero-order chi connectivity index (χ0) is 18.0. The van der Waals surface area contributed by atoms with E-state index in [1.165, 1.54) is 19.3 Å². The van der Waals surface area contributed by atoms with Crippen molar-refractivity contribution in [2.75, 3.05) is 5.43 Å². The van der Waals surface area contributed by atoms with Crippen LogP contribution in [0.2, 0.25) is 10.0 Å². The number of aromatic nitrogens is 1. The second-order valence-electron chi connectivity index (χ2n) is 8.98. The van der Waals surface area contributed by atoms with E-state index in [1.54, 1.807) is 17.0 Å². The molecule has 1 amide bonds. The standard InChI is InChI=1S/C19H25Cl2N3O.HI/c1-11-13-4-12-5-18(2,7-13)10-19(11,6-12)17(25)23-22-16-14(20)8-24(3)9-15(16)21;/h8-9,11-13H,4-7,10H2,1-3H3,(H,23,25);1H. The number of amides is 1. The summed E-state index contributed by atoms with van der Waals surface area (Å²) in [5, 5.41) is 0.974. The molecule has 1 aromatic heterocycles. The number of pyridine rings is 1. The summed E-state index contributed by atoms with van der Waals surface area (Å²) in [6.45, 7) is 4.64. The fraction of sp³-hybridized carbons (Fsp3) is 0.684. The maximum Gasteiger partial charge on any atom is 0.244 e. The minimum Gasteiger partial charge on any atom is -1.00 e. The van der Waals surface area contributed by atoms with E-state index in [-0.39, 0.29) is 35.3 Å². The van der Waals surface area contributed by atoms with Crippen molar-refractivity contribution in [3.05, 3.63) is 22.4 Å². The zero-order valence-corrected chi connectivity index (χ0v) is 19.1. The molecular weight excluding hydrogens is 484 g/mol. The molecule has 0 aromatic carbocycles. The van der Waals surface area contributed by atoms with E-state index in [0.717, 1.165) is 12.8 Å². The predicted octanol–water partition coefficient (Wildman–Crippen LogP) is 1.12. The molecule has 0 saturated heterocycles. The summed E-state index contributed by atoms with van der Waals surface area (Å²) >= 11 is 12.5. The number of rotatable bonds is 3. The Kier molecular flexibility index (Phi) is 5.48. The molecule has 5 rings (SSSR count). The minimum atomic E-state index is -0.260. The van der Waals surface area contributed by atoms with Crippen LogP contribution in [0, 0.1) is 28.6 Å². The number of hydrogen-bond acceptors (Lipinski definition) is 2. The molecule has 0 aliphatic heterocycles. The largest absolute Gasteiger partial charge is 1.00 e. The van der Waals surface area contributed by atoms with Crippen LogP contribution in [0.1, 0.15) is 46.0 Å². The van der Waals surface area contributed by atoms with E-state index < -0.39 is 0 Å². The van der Waals surface area contributed by atoms with Crippen LogP contribution in [0.3, 0.4) is 0 Å². The first-order valence-electron chi connectivity index (χ1n) is 9.13. The maximum absolute atomic E-state index is 13.2. The van der Waals surface area contributed by atoms with Crippen molar-refractivity contribution in [1.82, 2.24) is 5.43 Å². The molecular formula is C19H26Cl2IN3O. The van der Waals surface area contributed by atoms with Gasteiger partial charge in [-0.2, -0.15) is 0 Å². The Morgan fingerprint density at radius 3 is 2.50 bits per heavy atom. The third-order valence-electron chi connectivity index (χ3n) is 7.01. The van der Waals surface area contributed by atoms with Crippen LogP contribution >= 0.6 is 23.2 Å². The first kappa shape index (κ1) is 20.5. The van der Waals surface area contributed by atoms with Gasteiger partial charge in [-0.15, -0.1) is 0 Å². The van der Waals surface area contributed by atoms with Crippen molar-refractivity contribution >= 4 is 34.8 Å². The predicted molar refractivity (Wildman–Crippen MR) is 99.2 cm³/mol. The molecule has 4 saturated carbocycles. The van der Waals surface area contributed by atoms with E-state index >= 15 is 0 Å². The normalized spacial score (nSPS) is 37.2. The van der Waals surface area contributed by atoms with Crippen LogP contribution in [0.15, 0.2) is 12.4 Å². The number of nitrogens with one attached hydrogen (secondary N) is 2. The smallest absolute Gasteiger partial charge is 0.244 e. The molecule has 26 heavy (non-hydrogen) atoms. The fourth-order valence-electron chi connectivity index (χ4n) is 6.22. The minimum absolute atomic E-state index is 0. The lowest BCUT2D eigenvalue weighted by Gasteiger charge is -2.63. The van der Waals surface area contributed by atoms with Crippen molar-refractivity contribution in [1.29, 1.82) is 0 Å². The average molecular weight is 510 g/mol. The molecule has 0 radical (unpaired) electrons. The first-order chi connectivity index (χ1) is 11.7. The van der Waals surface area contributed by atoms with Gasteiger partial charge in [-0.05, 0) is 55.3 Å². The lowest BCUT2D eigenvalue weighted by molar-refractivity contribution is -0.671. The number of hydrogen-bond donors (Lipinski definition) is 2. The van der Waals surface area contributed by atoms with Gasteiger partial charge in [0.05, 0.1) is 5.41 Å². The summed E-state index contributed by atoms with van der Waals surface area (Å²) in [6, 6.07) is 0. The van der Waals surface area contributed by atoms with Crippen molar-refractivity contribution < 1.29 is 33.3 Å². The maximum atomic E-state index is 13.2. The van der Waals surface area contributed by atoms with Crippen LogP contribution in [-0.4, -0.2) is 5.91 Å². The third kappa shape index (κ3) is 3.22. The van der Waals surface area contributed by atoms with Crippen molar-refractivity contribution in [3.8, 4) is 0 Å². The SMILES string of the molecule is CC1C2CC3CC(C)(C2)CC1(C(=O)NNc1c(Cl)c[n+](C)cc1Cl)C3.[I-]. The van der Waals surface area contributed by atoms with Crippen LogP contribution in [0.25, 0.3) is 0 Å². The highest BCUT2D eigenvalue weighted by Crippen LogP contribution is 2.67. The molecule has 4 fully saturated rings. The highest BCUT2D eigenvalue weighted by molar-refractivity contribution is 6.38. The molecule has 144 valence electrons. The van der Waals surface area contributed by atoms with E-state index in [4.69, 9.17) is 23.2 Å². The van der Waals surface area contributed by atoms with Crippen LogP contribution < -0.4 is 39.4 Å². The number of aryl methyl sites for hydroxylation is 1. The fourth-order valence-corrected chi connectivity index (χ4v) is 6.87. The van der Waals surface area contributed by atoms with Crippen LogP contribution in [0.4, 0.5) is 5.69 Å². The van der Waals surface area contributed by atoms with Crippen molar-refractivity contribution in [2.45, 2.75) is 46.0 Å². The highest BCUT2D eigenvalue weighted by atomic mass is 127. The summed E-state index contributed by atoms with van der Waals surface area (Å²) in [4.78, 5) is 13.2. The molecule has 5 unspecified atom stereocenters. The Bertz CT molecular complexity index is 722. The Hall–Kier alpha value is -0.270. The Balaban J connectivity index is 0.00000196. The van der Waals surface area contributed by atoms with Gasteiger partial charge < -0.3 is 24.0 Å². The Labute approximate surface area is 182 Å². The average Bonchev–Trinajstić information content (AvgIpc) is 2.49.